The molecule has 3 fully saturated rings. The van der Waals surface area contributed by atoms with Gasteiger partial charge in [-0.25, -0.2) is 0 Å². The number of fused-ring (bicyclic) bond motifs is 3. The summed E-state index contributed by atoms with van der Waals surface area (Å²) in [5.74, 6) is 1.90. The molecule has 2 N–H and O–H groups in total. The van der Waals surface area contributed by atoms with Crippen molar-refractivity contribution in [2.45, 2.75) is 38.1 Å². The highest BCUT2D eigenvalue weighted by atomic mass is 32.1. The molecule has 0 saturated heterocycles. The Hall–Kier alpha value is -0.150. The van der Waals surface area contributed by atoms with E-state index in [0.29, 0.717) is 4.99 Å². The van der Waals surface area contributed by atoms with Gasteiger partial charge in [-0.3, -0.25) is 4.90 Å². The van der Waals surface area contributed by atoms with Gasteiger partial charge in [-0.1, -0.05) is 25.1 Å². The zero-order valence-corrected chi connectivity index (χ0v) is 9.72. The number of likely N-dealkylation sites (N-methyl/N-ethyl adjacent to an activating group) is 1. The van der Waals surface area contributed by atoms with Crippen LogP contribution in [0.5, 0.6) is 0 Å². The molecule has 0 aromatic carbocycles. The summed E-state index contributed by atoms with van der Waals surface area (Å²) in [5.41, 5.74) is 5.59. The Morgan fingerprint density at radius 1 is 1.36 bits per heavy atom. The van der Waals surface area contributed by atoms with Crippen LogP contribution in [0.25, 0.3) is 0 Å². The number of hydrogen-bond donors (Lipinski definition) is 1. The number of rotatable bonds is 3. The SMILES string of the molecule is CN(CC(N)=S)C1CC2CCC1CC2. The first-order valence-electron chi connectivity index (χ1n) is 5.65. The predicted molar refractivity (Wildman–Crippen MR) is 63.3 cm³/mol. The molecule has 3 rings (SSSR count). The van der Waals surface area contributed by atoms with E-state index >= 15 is 0 Å². The molecule has 0 heterocycles. The standard InChI is InChI=1S/C11H20N2S/c1-13(7-11(12)14)10-6-8-2-4-9(10)5-3-8/h8-10H,2-7H2,1H3,(H2,12,14). The summed E-state index contributed by atoms with van der Waals surface area (Å²) < 4.78 is 0. The highest BCUT2D eigenvalue weighted by Gasteiger charge is 2.37. The van der Waals surface area contributed by atoms with E-state index in [1.807, 2.05) is 0 Å². The molecule has 14 heavy (non-hydrogen) atoms. The van der Waals surface area contributed by atoms with Crippen LogP contribution in [-0.4, -0.2) is 29.5 Å². The average molecular weight is 212 g/mol. The van der Waals surface area contributed by atoms with Gasteiger partial charge in [-0.2, -0.15) is 0 Å². The lowest BCUT2D eigenvalue weighted by molar-refractivity contribution is 0.0577. The van der Waals surface area contributed by atoms with Gasteiger partial charge in [0, 0.05) is 12.6 Å². The molecule has 0 amide bonds. The van der Waals surface area contributed by atoms with Crippen LogP contribution < -0.4 is 5.73 Å². The topological polar surface area (TPSA) is 29.3 Å². The molecule has 2 bridgehead atoms. The van der Waals surface area contributed by atoms with Crippen molar-refractivity contribution in [1.29, 1.82) is 0 Å². The predicted octanol–water partition coefficient (Wildman–Crippen LogP) is 1.78. The van der Waals surface area contributed by atoms with Crippen molar-refractivity contribution in [3.8, 4) is 0 Å². The van der Waals surface area contributed by atoms with E-state index in [-0.39, 0.29) is 0 Å². The molecular formula is C11H20N2S. The molecule has 2 nitrogen and oxygen atoms in total. The molecule has 80 valence electrons. The lowest BCUT2D eigenvalue weighted by Gasteiger charge is -2.46. The van der Waals surface area contributed by atoms with Crippen molar-refractivity contribution in [1.82, 2.24) is 4.90 Å². The third kappa shape index (κ3) is 2.09. The monoisotopic (exact) mass is 212 g/mol. The number of thiocarbonyl (C=S) groups is 1. The van der Waals surface area contributed by atoms with Crippen LogP contribution in [0, 0.1) is 11.8 Å². The van der Waals surface area contributed by atoms with Gasteiger partial charge in [-0.15, -0.1) is 0 Å². The molecule has 1 unspecified atom stereocenters. The normalized spacial score (nSPS) is 36.3. The minimum atomic E-state index is 0.633. The van der Waals surface area contributed by atoms with E-state index in [2.05, 4.69) is 11.9 Å². The fourth-order valence-electron chi connectivity index (χ4n) is 3.25. The smallest absolute Gasteiger partial charge is 0.0870 e. The first kappa shape index (κ1) is 10.4. The Morgan fingerprint density at radius 3 is 2.43 bits per heavy atom. The largest absolute Gasteiger partial charge is 0.392 e. The Labute approximate surface area is 91.8 Å². The fourth-order valence-corrected chi connectivity index (χ4v) is 3.45. The third-order valence-corrected chi connectivity index (χ3v) is 4.11. The summed E-state index contributed by atoms with van der Waals surface area (Å²) in [5, 5.41) is 0. The van der Waals surface area contributed by atoms with E-state index < -0.39 is 0 Å². The van der Waals surface area contributed by atoms with Gasteiger partial charge in [0.05, 0.1) is 4.99 Å². The first-order valence-corrected chi connectivity index (χ1v) is 6.06. The van der Waals surface area contributed by atoms with E-state index in [9.17, 15) is 0 Å². The van der Waals surface area contributed by atoms with Gasteiger partial charge in [0.2, 0.25) is 0 Å². The lowest BCUT2D eigenvalue weighted by Crippen LogP contribution is -2.47. The summed E-state index contributed by atoms with van der Waals surface area (Å²) in [6.07, 6.45) is 7.15. The van der Waals surface area contributed by atoms with Crippen LogP contribution in [0.15, 0.2) is 0 Å². The van der Waals surface area contributed by atoms with Crippen molar-refractivity contribution in [3.05, 3.63) is 0 Å². The second-order valence-electron chi connectivity index (χ2n) is 4.97. The molecule has 0 spiro atoms. The fraction of sp³-hybridized carbons (Fsp3) is 0.909. The quantitative estimate of drug-likeness (QED) is 0.723. The van der Waals surface area contributed by atoms with Crippen molar-refractivity contribution in [2.24, 2.45) is 17.6 Å². The Kier molecular flexibility index (Phi) is 3.07. The average Bonchev–Trinajstić information content (AvgIpc) is 2.18. The Balaban J connectivity index is 1.94. The van der Waals surface area contributed by atoms with Crippen LogP contribution in [0.1, 0.15) is 32.1 Å². The molecule has 3 aliphatic rings. The number of nitrogens with zero attached hydrogens (tertiary/aromatic N) is 1. The summed E-state index contributed by atoms with van der Waals surface area (Å²) in [6, 6.07) is 0.754. The minimum absolute atomic E-state index is 0.633. The lowest BCUT2D eigenvalue weighted by atomic mass is 9.67. The van der Waals surface area contributed by atoms with Crippen LogP contribution in [0.4, 0.5) is 0 Å². The molecule has 3 saturated carbocycles. The van der Waals surface area contributed by atoms with Gasteiger partial charge in [0.1, 0.15) is 0 Å². The Morgan fingerprint density at radius 2 is 2.00 bits per heavy atom. The van der Waals surface area contributed by atoms with E-state index in [1.54, 1.807) is 0 Å². The van der Waals surface area contributed by atoms with Crippen LogP contribution in [-0.2, 0) is 0 Å². The van der Waals surface area contributed by atoms with Gasteiger partial charge in [0.25, 0.3) is 0 Å². The highest BCUT2D eigenvalue weighted by Crippen LogP contribution is 2.42. The molecule has 0 radical (unpaired) electrons. The summed E-state index contributed by atoms with van der Waals surface area (Å²) in [4.78, 5) is 3.01. The molecule has 0 aromatic rings. The van der Waals surface area contributed by atoms with Crippen molar-refractivity contribution >= 4 is 17.2 Å². The van der Waals surface area contributed by atoms with Crippen molar-refractivity contribution < 1.29 is 0 Å². The molecule has 0 aromatic heterocycles. The molecule has 1 atom stereocenters. The summed E-state index contributed by atoms with van der Waals surface area (Å²) in [6.45, 7) is 0.795. The van der Waals surface area contributed by atoms with Crippen LogP contribution >= 0.6 is 12.2 Å². The zero-order chi connectivity index (χ0) is 10.1. The van der Waals surface area contributed by atoms with Crippen LogP contribution in [0.3, 0.4) is 0 Å². The highest BCUT2D eigenvalue weighted by molar-refractivity contribution is 7.80. The molecule has 0 aliphatic heterocycles. The van der Waals surface area contributed by atoms with Gasteiger partial charge in [-0.05, 0) is 38.1 Å². The minimum Gasteiger partial charge on any atom is -0.392 e. The van der Waals surface area contributed by atoms with Crippen molar-refractivity contribution in [3.63, 3.8) is 0 Å². The first-order chi connectivity index (χ1) is 6.66. The number of hydrogen-bond acceptors (Lipinski definition) is 2. The van der Waals surface area contributed by atoms with E-state index in [1.165, 1.54) is 32.1 Å². The van der Waals surface area contributed by atoms with Gasteiger partial charge < -0.3 is 5.73 Å². The maximum atomic E-state index is 5.59. The van der Waals surface area contributed by atoms with Crippen molar-refractivity contribution in [2.75, 3.05) is 13.6 Å². The van der Waals surface area contributed by atoms with Crippen LogP contribution in [0.2, 0.25) is 0 Å². The van der Waals surface area contributed by atoms with Gasteiger partial charge >= 0.3 is 0 Å². The molecule has 3 heteroatoms. The second kappa shape index (κ2) is 4.15. The molecular weight excluding hydrogens is 192 g/mol. The zero-order valence-electron chi connectivity index (χ0n) is 8.91. The van der Waals surface area contributed by atoms with E-state index in [4.69, 9.17) is 18.0 Å². The maximum absolute atomic E-state index is 5.59. The summed E-state index contributed by atoms with van der Waals surface area (Å²) >= 11 is 4.96. The Bertz CT molecular complexity index is 221. The second-order valence-corrected chi connectivity index (χ2v) is 5.49. The maximum Gasteiger partial charge on any atom is 0.0870 e. The van der Waals surface area contributed by atoms with Gasteiger partial charge in [0.15, 0.2) is 0 Å². The van der Waals surface area contributed by atoms with E-state index in [0.717, 1.165) is 24.4 Å². The third-order valence-electron chi connectivity index (χ3n) is 3.98. The number of nitrogens with two attached hydrogens (primary N) is 1. The summed E-state index contributed by atoms with van der Waals surface area (Å²) in [7, 11) is 2.17. The molecule has 3 aliphatic carbocycles.